The van der Waals surface area contributed by atoms with Gasteiger partial charge in [0, 0.05) is 31.5 Å². The van der Waals surface area contributed by atoms with Crippen LogP contribution in [0.3, 0.4) is 0 Å². The second kappa shape index (κ2) is 7.57. The van der Waals surface area contributed by atoms with E-state index in [-0.39, 0.29) is 12.1 Å². The number of likely N-dealkylation sites (tertiary alicyclic amines) is 1. The van der Waals surface area contributed by atoms with Crippen LogP contribution < -0.4 is 10.1 Å². The molecule has 0 saturated carbocycles. The van der Waals surface area contributed by atoms with Crippen LogP contribution in [-0.2, 0) is 11.3 Å². The van der Waals surface area contributed by atoms with E-state index in [4.69, 9.17) is 13.9 Å². The van der Waals surface area contributed by atoms with Crippen molar-refractivity contribution in [2.24, 2.45) is 0 Å². The Hall–Kier alpha value is -2.54. The molecule has 0 aliphatic carbocycles. The van der Waals surface area contributed by atoms with Crippen LogP contribution in [-0.4, -0.2) is 31.7 Å². The minimum Gasteiger partial charge on any atom is -0.497 e. The molecular formula is C18H21FN2O4. The first-order valence-electron chi connectivity index (χ1n) is 8.10. The third-order valence-electron chi connectivity index (χ3n) is 4.17. The van der Waals surface area contributed by atoms with Gasteiger partial charge in [-0.3, -0.25) is 0 Å². The Balaban J connectivity index is 1.73. The standard InChI is InChI=1S/C18H21FN2O4/c1-23-11-14-5-6-17(25-14)16-4-3-7-21(16)18(22)20-13-8-12(19)9-15(10-13)24-2/h5-6,8-10,16H,3-4,7,11H2,1-2H3,(H,20,22)/t16-/m0/s1. The van der Waals surface area contributed by atoms with Crippen LogP contribution in [0.2, 0.25) is 0 Å². The van der Waals surface area contributed by atoms with Crippen LogP contribution in [0.4, 0.5) is 14.9 Å². The molecule has 1 aromatic carbocycles. The monoisotopic (exact) mass is 348 g/mol. The van der Waals surface area contributed by atoms with E-state index in [2.05, 4.69) is 5.32 Å². The predicted molar refractivity (Wildman–Crippen MR) is 90.1 cm³/mol. The van der Waals surface area contributed by atoms with Gasteiger partial charge in [0.15, 0.2) is 0 Å². The summed E-state index contributed by atoms with van der Waals surface area (Å²) in [5.74, 6) is 1.34. The fourth-order valence-corrected chi connectivity index (χ4v) is 3.05. The van der Waals surface area contributed by atoms with Crippen molar-refractivity contribution in [3.63, 3.8) is 0 Å². The Morgan fingerprint density at radius 2 is 2.20 bits per heavy atom. The molecule has 0 bridgehead atoms. The average Bonchev–Trinajstić information content (AvgIpc) is 3.23. The van der Waals surface area contributed by atoms with Gasteiger partial charge in [0.1, 0.15) is 29.7 Å². The number of carbonyl (C=O) groups is 1. The van der Waals surface area contributed by atoms with E-state index >= 15 is 0 Å². The lowest BCUT2D eigenvalue weighted by atomic mass is 10.2. The van der Waals surface area contributed by atoms with Crippen LogP contribution in [0.15, 0.2) is 34.7 Å². The lowest BCUT2D eigenvalue weighted by Gasteiger charge is -2.23. The van der Waals surface area contributed by atoms with Crippen molar-refractivity contribution in [2.75, 3.05) is 26.1 Å². The van der Waals surface area contributed by atoms with Gasteiger partial charge in [0.25, 0.3) is 0 Å². The molecule has 1 aromatic heterocycles. The average molecular weight is 348 g/mol. The summed E-state index contributed by atoms with van der Waals surface area (Å²) in [5, 5.41) is 2.73. The third-order valence-corrected chi connectivity index (χ3v) is 4.17. The molecule has 7 heteroatoms. The smallest absolute Gasteiger partial charge is 0.322 e. The third kappa shape index (κ3) is 3.93. The van der Waals surface area contributed by atoms with Crippen molar-refractivity contribution in [1.82, 2.24) is 4.90 Å². The largest absolute Gasteiger partial charge is 0.497 e. The van der Waals surface area contributed by atoms with Gasteiger partial charge in [-0.05, 0) is 31.0 Å². The molecule has 1 aliphatic heterocycles. The van der Waals surface area contributed by atoms with Crippen LogP contribution >= 0.6 is 0 Å². The molecule has 2 aromatic rings. The van der Waals surface area contributed by atoms with Gasteiger partial charge in [-0.1, -0.05) is 0 Å². The second-order valence-electron chi connectivity index (χ2n) is 5.90. The van der Waals surface area contributed by atoms with Crippen LogP contribution in [0.25, 0.3) is 0 Å². The van der Waals surface area contributed by atoms with Crippen LogP contribution in [0.1, 0.15) is 30.4 Å². The number of ether oxygens (including phenoxy) is 2. The predicted octanol–water partition coefficient (Wildman–Crippen LogP) is 3.94. The Labute approximate surface area is 145 Å². The van der Waals surface area contributed by atoms with E-state index in [9.17, 15) is 9.18 Å². The van der Waals surface area contributed by atoms with Crippen LogP contribution in [0.5, 0.6) is 5.75 Å². The summed E-state index contributed by atoms with van der Waals surface area (Å²) in [7, 11) is 3.05. The number of halogens is 1. The number of anilines is 1. The number of amides is 2. The molecular weight excluding hydrogens is 327 g/mol. The van der Waals surface area contributed by atoms with Crippen molar-refractivity contribution in [1.29, 1.82) is 0 Å². The maximum atomic E-state index is 13.6. The number of hydrogen-bond donors (Lipinski definition) is 1. The minimum atomic E-state index is -0.470. The molecule has 1 fully saturated rings. The fraction of sp³-hybridized carbons (Fsp3) is 0.389. The van der Waals surface area contributed by atoms with E-state index < -0.39 is 5.82 Å². The maximum Gasteiger partial charge on any atom is 0.322 e. The summed E-state index contributed by atoms with van der Waals surface area (Å²) >= 11 is 0. The molecule has 3 rings (SSSR count). The Bertz CT molecular complexity index is 746. The highest BCUT2D eigenvalue weighted by Gasteiger charge is 2.32. The highest BCUT2D eigenvalue weighted by atomic mass is 19.1. The maximum absolute atomic E-state index is 13.6. The molecule has 1 atom stereocenters. The molecule has 2 heterocycles. The van der Waals surface area contributed by atoms with Gasteiger partial charge in [0.05, 0.1) is 13.2 Å². The number of nitrogens with one attached hydrogen (secondary N) is 1. The minimum absolute atomic E-state index is 0.138. The molecule has 134 valence electrons. The van der Waals surface area contributed by atoms with E-state index in [0.29, 0.717) is 24.6 Å². The molecule has 1 N–H and O–H groups in total. The van der Waals surface area contributed by atoms with Crippen molar-refractivity contribution in [3.8, 4) is 5.75 Å². The summed E-state index contributed by atoms with van der Waals surface area (Å²) < 4.78 is 29.4. The topological polar surface area (TPSA) is 63.9 Å². The van der Waals surface area contributed by atoms with Gasteiger partial charge >= 0.3 is 6.03 Å². The molecule has 2 amide bonds. The highest BCUT2D eigenvalue weighted by Crippen LogP contribution is 2.33. The molecule has 6 nitrogen and oxygen atoms in total. The lowest BCUT2D eigenvalue weighted by molar-refractivity contribution is 0.157. The Morgan fingerprint density at radius 3 is 2.96 bits per heavy atom. The summed E-state index contributed by atoms with van der Waals surface area (Å²) in [6.07, 6.45) is 1.70. The molecule has 1 saturated heterocycles. The lowest BCUT2D eigenvalue weighted by Crippen LogP contribution is -2.34. The van der Waals surface area contributed by atoms with E-state index in [1.807, 2.05) is 12.1 Å². The van der Waals surface area contributed by atoms with Gasteiger partial charge in [-0.25, -0.2) is 9.18 Å². The quantitative estimate of drug-likeness (QED) is 0.889. The highest BCUT2D eigenvalue weighted by molar-refractivity contribution is 5.90. The first-order valence-corrected chi connectivity index (χ1v) is 8.10. The fourth-order valence-electron chi connectivity index (χ4n) is 3.05. The van der Waals surface area contributed by atoms with Crippen molar-refractivity contribution < 1.29 is 23.1 Å². The zero-order valence-corrected chi connectivity index (χ0v) is 14.3. The zero-order chi connectivity index (χ0) is 17.8. The molecule has 1 aliphatic rings. The summed E-state index contributed by atoms with van der Waals surface area (Å²) in [4.78, 5) is 14.3. The normalized spacial score (nSPS) is 16.9. The number of furan rings is 1. The van der Waals surface area contributed by atoms with Crippen molar-refractivity contribution >= 4 is 11.7 Å². The Morgan fingerprint density at radius 1 is 1.36 bits per heavy atom. The first-order chi connectivity index (χ1) is 12.1. The van der Waals surface area contributed by atoms with Gasteiger partial charge in [-0.2, -0.15) is 0 Å². The number of urea groups is 1. The van der Waals surface area contributed by atoms with Gasteiger partial charge < -0.3 is 24.1 Å². The number of benzene rings is 1. The summed E-state index contributed by atoms with van der Waals surface area (Å²) in [5.41, 5.74) is 0.354. The van der Waals surface area contributed by atoms with Crippen LogP contribution in [0, 0.1) is 5.82 Å². The van der Waals surface area contributed by atoms with Gasteiger partial charge in [-0.15, -0.1) is 0 Å². The second-order valence-corrected chi connectivity index (χ2v) is 5.90. The number of nitrogens with zero attached hydrogens (tertiary/aromatic N) is 1. The van der Waals surface area contributed by atoms with Crippen molar-refractivity contribution in [2.45, 2.75) is 25.5 Å². The number of hydrogen-bond acceptors (Lipinski definition) is 4. The number of carbonyl (C=O) groups excluding carboxylic acids is 1. The van der Waals surface area contributed by atoms with E-state index in [0.717, 1.165) is 24.4 Å². The summed E-state index contributed by atoms with van der Waals surface area (Å²) in [6, 6.07) is 7.39. The number of methoxy groups -OCH3 is 2. The molecule has 0 radical (unpaired) electrons. The van der Waals surface area contributed by atoms with E-state index in [1.165, 1.54) is 19.2 Å². The zero-order valence-electron chi connectivity index (χ0n) is 14.3. The molecule has 0 unspecified atom stereocenters. The van der Waals surface area contributed by atoms with E-state index in [1.54, 1.807) is 18.1 Å². The Kier molecular flexibility index (Phi) is 5.23. The molecule has 25 heavy (non-hydrogen) atoms. The SMILES string of the molecule is COCc1ccc([C@@H]2CCCN2C(=O)Nc2cc(F)cc(OC)c2)o1. The van der Waals surface area contributed by atoms with Crippen molar-refractivity contribution in [3.05, 3.63) is 47.7 Å². The first kappa shape index (κ1) is 17.3. The van der Waals surface area contributed by atoms with Gasteiger partial charge in [0.2, 0.25) is 0 Å². The summed E-state index contributed by atoms with van der Waals surface area (Å²) in [6.45, 7) is 1.01. The number of rotatable bonds is 5. The molecule has 0 spiro atoms.